The predicted molar refractivity (Wildman–Crippen MR) is 87.7 cm³/mol. The third-order valence-electron chi connectivity index (χ3n) is 4.18. The highest BCUT2D eigenvalue weighted by Crippen LogP contribution is 2.31. The number of aromatic nitrogens is 2. The molecule has 1 aliphatic rings. The third kappa shape index (κ3) is 3.27. The van der Waals surface area contributed by atoms with Crippen LogP contribution in [0.4, 0.5) is 11.8 Å². The number of thiophene rings is 1. The van der Waals surface area contributed by atoms with Gasteiger partial charge in [0.05, 0.1) is 11.5 Å². The molecule has 0 unspecified atom stereocenters. The first-order valence-corrected chi connectivity index (χ1v) is 8.45. The SMILES string of the molecule is CCc1cc2c(NCC3CCC(O)CC3)nc(N)nc2s1. The van der Waals surface area contributed by atoms with E-state index in [4.69, 9.17) is 5.73 Å². The van der Waals surface area contributed by atoms with Gasteiger partial charge in [0.25, 0.3) is 0 Å². The number of hydrogen-bond acceptors (Lipinski definition) is 6. The summed E-state index contributed by atoms with van der Waals surface area (Å²) in [4.78, 5) is 10.9. The fourth-order valence-corrected chi connectivity index (χ4v) is 3.86. The summed E-state index contributed by atoms with van der Waals surface area (Å²) in [6.07, 6.45) is 4.86. The van der Waals surface area contributed by atoms with Crippen molar-refractivity contribution < 1.29 is 5.11 Å². The fourth-order valence-electron chi connectivity index (χ4n) is 2.89. The van der Waals surface area contributed by atoms with Crippen LogP contribution in [0.15, 0.2) is 6.07 Å². The molecule has 2 heterocycles. The lowest BCUT2D eigenvalue weighted by Gasteiger charge is -2.25. The van der Waals surface area contributed by atoms with Gasteiger partial charge < -0.3 is 16.2 Å². The Balaban J connectivity index is 1.75. The number of anilines is 2. The minimum Gasteiger partial charge on any atom is -0.393 e. The Kier molecular flexibility index (Phi) is 4.26. The number of aliphatic hydroxyl groups excluding tert-OH is 1. The Morgan fingerprint density at radius 1 is 1.33 bits per heavy atom. The van der Waals surface area contributed by atoms with Gasteiger partial charge in [-0.1, -0.05) is 6.92 Å². The zero-order chi connectivity index (χ0) is 14.8. The zero-order valence-corrected chi connectivity index (χ0v) is 13.1. The number of aryl methyl sites for hydroxylation is 1. The van der Waals surface area contributed by atoms with Crippen molar-refractivity contribution in [2.45, 2.75) is 45.1 Å². The van der Waals surface area contributed by atoms with E-state index in [-0.39, 0.29) is 6.10 Å². The van der Waals surface area contributed by atoms with Crippen molar-refractivity contribution in [3.05, 3.63) is 10.9 Å². The molecule has 1 aliphatic carbocycles. The Bertz CT molecular complexity index is 619. The molecule has 6 heteroatoms. The zero-order valence-electron chi connectivity index (χ0n) is 12.3. The van der Waals surface area contributed by atoms with E-state index < -0.39 is 0 Å². The van der Waals surface area contributed by atoms with E-state index in [9.17, 15) is 5.11 Å². The molecule has 0 aromatic carbocycles. The maximum atomic E-state index is 9.56. The molecule has 0 spiro atoms. The fraction of sp³-hybridized carbons (Fsp3) is 0.600. The lowest BCUT2D eigenvalue weighted by atomic mass is 9.87. The number of nitrogen functional groups attached to an aromatic ring is 1. The Labute approximate surface area is 128 Å². The number of aliphatic hydroxyl groups is 1. The summed E-state index contributed by atoms with van der Waals surface area (Å²) in [5, 5.41) is 14.1. The second-order valence-electron chi connectivity index (χ2n) is 5.77. The van der Waals surface area contributed by atoms with Gasteiger partial charge in [-0.25, -0.2) is 4.98 Å². The highest BCUT2D eigenvalue weighted by atomic mass is 32.1. The van der Waals surface area contributed by atoms with Gasteiger partial charge in [-0.15, -0.1) is 11.3 Å². The molecular formula is C15H22N4OS. The monoisotopic (exact) mass is 306 g/mol. The predicted octanol–water partition coefficient (Wildman–Crippen LogP) is 2.80. The van der Waals surface area contributed by atoms with E-state index >= 15 is 0 Å². The van der Waals surface area contributed by atoms with Crippen LogP contribution in [-0.4, -0.2) is 27.7 Å². The van der Waals surface area contributed by atoms with Crippen molar-refractivity contribution in [2.75, 3.05) is 17.6 Å². The van der Waals surface area contributed by atoms with Crippen molar-refractivity contribution in [3.63, 3.8) is 0 Å². The first kappa shape index (κ1) is 14.5. The Morgan fingerprint density at radius 2 is 2.10 bits per heavy atom. The molecule has 0 radical (unpaired) electrons. The average molecular weight is 306 g/mol. The lowest BCUT2D eigenvalue weighted by molar-refractivity contribution is 0.111. The Morgan fingerprint density at radius 3 is 2.81 bits per heavy atom. The quantitative estimate of drug-likeness (QED) is 0.809. The molecule has 0 atom stereocenters. The molecule has 2 aromatic rings. The maximum Gasteiger partial charge on any atom is 0.223 e. The minimum atomic E-state index is -0.105. The second kappa shape index (κ2) is 6.15. The number of hydrogen-bond donors (Lipinski definition) is 3. The van der Waals surface area contributed by atoms with Crippen LogP contribution in [0.1, 0.15) is 37.5 Å². The number of fused-ring (bicyclic) bond motifs is 1. The van der Waals surface area contributed by atoms with Gasteiger partial charge in [0, 0.05) is 11.4 Å². The van der Waals surface area contributed by atoms with E-state index in [0.29, 0.717) is 11.9 Å². The van der Waals surface area contributed by atoms with E-state index in [1.54, 1.807) is 11.3 Å². The smallest absolute Gasteiger partial charge is 0.223 e. The lowest BCUT2D eigenvalue weighted by Crippen LogP contribution is -2.23. The van der Waals surface area contributed by atoms with Crippen molar-refractivity contribution in [2.24, 2.45) is 5.92 Å². The van der Waals surface area contributed by atoms with E-state index in [1.807, 2.05) is 0 Å². The summed E-state index contributed by atoms with van der Waals surface area (Å²) in [5.74, 6) is 1.78. The summed E-state index contributed by atoms with van der Waals surface area (Å²) in [7, 11) is 0. The van der Waals surface area contributed by atoms with Gasteiger partial charge in [-0.3, -0.25) is 0 Å². The van der Waals surface area contributed by atoms with Crippen LogP contribution in [0.3, 0.4) is 0 Å². The number of nitrogens with one attached hydrogen (secondary N) is 1. The van der Waals surface area contributed by atoms with Crippen molar-refractivity contribution in [3.8, 4) is 0 Å². The number of rotatable bonds is 4. The van der Waals surface area contributed by atoms with Crippen LogP contribution in [0.25, 0.3) is 10.2 Å². The maximum absolute atomic E-state index is 9.56. The first-order chi connectivity index (χ1) is 10.2. The average Bonchev–Trinajstić information content (AvgIpc) is 2.89. The highest BCUT2D eigenvalue weighted by molar-refractivity contribution is 7.18. The van der Waals surface area contributed by atoms with Gasteiger partial charge in [-0.05, 0) is 44.1 Å². The molecule has 0 amide bonds. The topological polar surface area (TPSA) is 84.1 Å². The standard InChI is InChI=1S/C15H22N4OS/c1-2-11-7-12-13(18-15(16)19-14(12)21-11)17-8-9-3-5-10(20)6-4-9/h7,9-10,20H,2-6,8H2,1H3,(H3,16,17,18,19). The number of nitrogens with zero attached hydrogens (tertiary/aromatic N) is 2. The number of nitrogens with two attached hydrogens (primary N) is 1. The molecule has 0 bridgehead atoms. The molecule has 2 aromatic heterocycles. The molecule has 0 saturated heterocycles. The molecule has 1 fully saturated rings. The van der Waals surface area contributed by atoms with Gasteiger partial charge in [0.2, 0.25) is 5.95 Å². The van der Waals surface area contributed by atoms with Crippen LogP contribution in [0.2, 0.25) is 0 Å². The largest absolute Gasteiger partial charge is 0.393 e. The van der Waals surface area contributed by atoms with Crippen molar-refractivity contribution in [1.82, 2.24) is 9.97 Å². The molecule has 114 valence electrons. The molecule has 4 N–H and O–H groups in total. The summed E-state index contributed by atoms with van der Waals surface area (Å²) in [6, 6.07) is 2.16. The minimum absolute atomic E-state index is 0.105. The molecule has 5 nitrogen and oxygen atoms in total. The Hall–Kier alpha value is -1.40. The van der Waals surface area contributed by atoms with Crippen LogP contribution in [0.5, 0.6) is 0 Å². The summed E-state index contributed by atoms with van der Waals surface area (Å²) < 4.78 is 0. The second-order valence-corrected chi connectivity index (χ2v) is 6.89. The summed E-state index contributed by atoms with van der Waals surface area (Å²) >= 11 is 1.68. The van der Waals surface area contributed by atoms with E-state index in [0.717, 1.165) is 54.7 Å². The normalized spacial score (nSPS) is 22.6. The van der Waals surface area contributed by atoms with E-state index in [2.05, 4.69) is 28.3 Å². The van der Waals surface area contributed by atoms with Crippen molar-refractivity contribution in [1.29, 1.82) is 0 Å². The summed E-state index contributed by atoms with van der Waals surface area (Å²) in [5.41, 5.74) is 5.81. The summed E-state index contributed by atoms with van der Waals surface area (Å²) in [6.45, 7) is 3.03. The molecule has 3 rings (SSSR count). The third-order valence-corrected chi connectivity index (χ3v) is 5.36. The van der Waals surface area contributed by atoms with Gasteiger partial charge in [0.1, 0.15) is 10.6 Å². The highest BCUT2D eigenvalue weighted by Gasteiger charge is 2.19. The van der Waals surface area contributed by atoms with Crippen LogP contribution in [0, 0.1) is 5.92 Å². The molecule has 1 saturated carbocycles. The first-order valence-electron chi connectivity index (χ1n) is 7.63. The molecule has 21 heavy (non-hydrogen) atoms. The van der Waals surface area contributed by atoms with Crippen LogP contribution in [-0.2, 0) is 6.42 Å². The molecule has 0 aliphatic heterocycles. The van der Waals surface area contributed by atoms with Crippen molar-refractivity contribution >= 4 is 33.3 Å². The molecular weight excluding hydrogens is 284 g/mol. The van der Waals surface area contributed by atoms with Gasteiger partial charge in [-0.2, -0.15) is 4.98 Å². The van der Waals surface area contributed by atoms with E-state index in [1.165, 1.54) is 4.88 Å². The van der Waals surface area contributed by atoms with Gasteiger partial charge >= 0.3 is 0 Å². The van der Waals surface area contributed by atoms with Gasteiger partial charge in [0.15, 0.2) is 0 Å². The van der Waals surface area contributed by atoms with Crippen LogP contribution >= 0.6 is 11.3 Å². The van der Waals surface area contributed by atoms with Crippen LogP contribution < -0.4 is 11.1 Å².